The van der Waals surface area contributed by atoms with Gasteiger partial charge in [0.25, 0.3) is 0 Å². The number of sulfonamides is 1. The number of benzene rings is 1. The Balaban J connectivity index is 3.07. The molecule has 114 valence electrons. The van der Waals surface area contributed by atoms with Crippen molar-refractivity contribution < 1.29 is 18.3 Å². The minimum absolute atomic E-state index is 0.0821. The number of rotatable bonds is 7. The van der Waals surface area contributed by atoms with Gasteiger partial charge < -0.3 is 15.6 Å². The Hall–Kier alpha value is -0.860. The van der Waals surface area contributed by atoms with Crippen LogP contribution in [0.1, 0.15) is 12.0 Å². The Labute approximate surface area is 123 Å². The van der Waals surface area contributed by atoms with Crippen LogP contribution in [0.5, 0.6) is 0 Å². The van der Waals surface area contributed by atoms with Crippen LogP contribution in [-0.2, 0) is 14.8 Å². The van der Waals surface area contributed by atoms with E-state index in [-0.39, 0.29) is 29.6 Å². The van der Waals surface area contributed by atoms with Crippen molar-refractivity contribution in [2.45, 2.75) is 24.3 Å². The molecule has 0 radical (unpaired) electrons. The number of nitrogens with two attached hydrogens (primary N) is 1. The monoisotopic (exact) mass is 322 g/mol. The summed E-state index contributed by atoms with van der Waals surface area (Å²) in [6.45, 7) is 1.74. The summed E-state index contributed by atoms with van der Waals surface area (Å²) in [5.41, 5.74) is 6.77. The Morgan fingerprint density at radius 2 is 2.15 bits per heavy atom. The predicted molar refractivity (Wildman–Crippen MR) is 78.3 cm³/mol. The molecule has 0 aliphatic rings. The van der Waals surface area contributed by atoms with Crippen LogP contribution in [0.4, 0.5) is 5.69 Å². The molecule has 0 aliphatic carbocycles. The minimum atomic E-state index is -3.83. The van der Waals surface area contributed by atoms with E-state index in [0.29, 0.717) is 11.3 Å². The zero-order valence-corrected chi connectivity index (χ0v) is 13.0. The first kappa shape index (κ1) is 17.2. The molecule has 1 unspecified atom stereocenters. The summed E-state index contributed by atoms with van der Waals surface area (Å²) >= 11 is 5.97. The van der Waals surface area contributed by atoms with Gasteiger partial charge in [-0.1, -0.05) is 11.6 Å². The van der Waals surface area contributed by atoms with E-state index in [1.165, 1.54) is 19.2 Å². The predicted octanol–water partition coefficient (Wildman–Crippen LogP) is 0.906. The maximum Gasteiger partial charge on any atom is 0.242 e. The van der Waals surface area contributed by atoms with Crippen molar-refractivity contribution in [2.75, 3.05) is 26.1 Å². The molecular weight excluding hydrogens is 304 g/mol. The van der Waals surface area contributed by atoms with E-state index in [9.17, 15) is 8.42 Å². The number of hydrogen-bond donors (Lipinski definition) is 3. The van der Waals surface area contributed by atoms with E-state index < -0.39 is 16.1 Å². The molecule has 0 bridgehead atoms. The molecule has 0 aromatic heterocycles. The SMILES string of the molecule is COCC(CCO)NS(=O)(=O)c1cc(N)c(C)cc1Cl. The Morgan fingerprint density at radius 1 is 1.50 bits per heavy atom. The van der Waals surface area contributed by atoms with Gasteiger partial charge in [0, 0.05) is 25.4 Å². The number of aryl methyl sites for hydroxylation is 1. The first-order valence-corrected chi connectivity index (χ1v) is 7.85. The second-order valence-corrected chi connectivity index (χ2v) is 6.51. The Bertz CT molecular complexity index is 557. The summed E-state index contributed by atoms with van der Waals surface area (Å²) in [6.07, 6.45) is 0.242. The van der Waals surface area contributed by atoms with Gasteiger partial charge in [-0.25, -0.2) is 13.1 Å². The maximum atomic E-state index is 12.3. The van der Waals surface area contributed by atoms with Crippen molar-refractivity contribution in [2.24, 2.45) is 0 Å². The number of aliphatic hydroxyl groups excluding tert-OH is 1. The second kappa shape index (κ2) is 7.24. The molecule has 1 atom stereocenters. The van der Waals surface area contributed by atoms with E-state index >= 15 is 0 Å². The zero-order valence-electron chi connectivity index (χ0n) is 11.4. The fourth-order valence-electron chi connectivity index (χ4n) is 1.69. The van der Waals surface area contributed by atoms with Gasteiger partial charge in [-0.15, -0.1) is 0 Å². The number of ether oxygens (including phenoxy) is 1. The topological polar surface area (TPSA) is 102 Å². The van der Waals surface area contributed by atoms with Crippen LogP contribution in [-0.4, -0.2) is 39.9 Å². The average Bonchev–Trinajstić information content (AvgIpc) is 2.33. The molecule has 20 heavy (non-hydrogen) atoms. The quantitative estimate of drug-likeness (QED) is 0.648. The standard InChI is InChI=1S/C12H19ClN2O4S/c1-8-5-10(13)12(6-11(8)14)20(17,18)15-9(3-4-16)7-19-2/h5-6,9,15-16H,3-4,7,14H2,1-2H3. The van der Waals surface area contributed by atoms with E-state index in [2.05, 4.69) is 4.72 Å². The van der Waals surface area contributed by atoms with Gasteiger partial charge in [-0.2, -0.15) is 0 Å². The highest BCUT2D eigenvalue weighted by atomic mass is 35.5. The van der Waals surface area contributed by atoms with Gasteiger partial charge in [0.15, 0.2) is 0 Å². The van der Waals surface area contributed by atoms with Gasteiger partial charge >= 0.3 is 0 Å². The summed E-state index contributed by atoms with van der Waals surface area (Å²) in [7, 11) is -2.37. The average molecular weight is 323 g/mol. The lowest BCUT2D eigenvalue weighted by Crippen LogP contribution is -2.38. The summed E-state index contributed by atoms with van der Waals surface area (Å²) < 4.78 is 31.9. The lowest BCUT2D eigenvalue weighted by atomic mass is 10.2. The molecule has 1 rings (SSSR count). The van der Waals surface area contributed by atoms with Gasteiger partial charge in [0.1, 0.15) is 4.90 Å². The van der Waals surface area contributed by atoms with Crippen LogP contribution >= 0.6 is 11.6 Å². The number of anilines is 1. The molecule has 1 aromatic rings. The van der Waals surface area contributed by atoms with Crippen molar-refractivity contribution in [1.29, 1.82) is 0 Å². The fraction of sp³-hybridized carbons (Fsp3) is 0.500. The van der Waals surface area contributed by atoms with E-state index in [1.54, 1.807) is 6.92 Å². The Kier molecular flexibility index (Phi) is 6.22. The normalized spacial score (nSPS) is 13.4. The van der Waals surface area contributed by atoms with Crippen molar-refractivity contribution >= 4 is 27.3 Å². The highest BCUT2D eigenvalue weighted by Crippen LogP contribution is 2.26. The summed E-state index contributed by atoms with van der Waals surface area (Å²) in [6, 6.07) is 2.29. The second-order valence-electron chi connectivity index (χ2n) is 4.43. The van der Waals surface area contributed by atoms with Crippen molar-refractivity contribution in [1.82, 2.24) is 4.72 Å². The lowest BCUT2D eigenvalue weighted by Gasteiger charge is -2.18. The van der Waals surface area contributed by atoms with Crippen LogP contribution in [0.3, 0.4) is 0 Å². The number of hydrogen-bond acceptors (Lipinski definition) is 5. The molecule has 0 amide bonds. The molecule has 0 heterocycles. The molecule has 0 fully saturated rings. The number of nitrogen functional groups attached to an aromatic ring is 1. The fourth-order valence-corrected chi connectivity index (χ4v) is 3.56. The molecule has 8 heteroatoms. The van der Waals surface area contributed by atoms with Crippen molar-refractivity contribution in [3.05, 3.63) is 22.7 Å². The largest absolute Gasteiger partial charge is 0.398 e. The molecule has 0 aliphatic heterocycles. The Morgan fingerprint density at radius 3 is 2.70 bits per heavy atom. The lowest BCUT2D eigenvalue weighted by molar-refractivity contribution is 0.158. The highest BCUT2D eigenvalue weighted by molar-refractivity contribution is 7.89. The van der Waals surface area contributed by atoms with Gasteiger partial charge in [-0.3, -0.25) is 0 Å². The highest BCUT2D eigenvalue weighted by Gasteiger charge is 2.23. The first-order chi connectivity index (χ1) is 9.31. The summed E-state index contributed by atoms with van der Waals surface area (Å²) in [4.78, 5) is -0.0821. The maximum absolute atomic E-state index is 12.3. The third-order valence-corrected chi connectivity index (χ3v) is 4.76. The van der Waals surface area contributed by atoms with E-state index in [1.807, 2.05) is 0 Å². The van der Waals surface area contributed by atoms with Gasteiger partial charge in [-0.05, 0) is 31.0 Å². The van der Waals surface area contributed by atoms with Crippen LogP contribution in [0.15, 0.2) is 17.0 Å². The van der Waals surface area contributed by atoms with Gasteiger partial charge in [0.05, 0.1) is 11.6 Å². The number of nitrogens with one attached hydrogen (secondary N) is 1. The molecule has 0 saturated carbocycles. The number of methoxy groups -OCH3 is 1. The van der Waals surface area contributed by atoms with Gasteiger partial charge in [0.2, 0.25) is 10.0 Å². The number of halogens is 1. The molecule has 4 N–H and O–H groups in total. The minimum Gasteiger partial charge on any atom is -0.398 e. The van der Waals surface area contributed by atoms with Crippen LogP contribution in [0, 0.1) is 6.92 Å². The molecule has 0 spiro atoms. The van der Waals surface area contributed by atoms with Crippen LogP contribution in [0.2, 0.25) is 5.02 Å². The molecule has 6 nitrogen and oxygen atoms in total. The van der Waals surface area contributed by atoms with Crippen molar-refractivity contribution in [3.63, 3.8) is 0 Å². The molecule has 0 saturated heterocycles. The molecular formula is C12H19ClN2O4S. The molecule has 1 aromatic carbocycles. The number of aliphatic hydroxyl groups is 1. The third-order valence-electron chi connectivity index (χ3n) is 2.78. The third kappa shape index (κ3) is 4.32. The van der Waals surface area contributed by atoms with Crippen LogP contribution in [0.25, 0.3) is 0 Å². The van der Waals surface area contributed by atoms with E-state index in [0.717, 1.165) is 0 Å². The summed E-state index contributed by atoms with van der Waals surface area (Å²) in [5.74, 6) is 0. The van der Waals surface area contributed by atoms with Crippen molar-refractivity contribution in [3.8, 4) is 0 Å². The van der Waals surface area contributed by atoms with Crippen LogP contribution < -0.4 is 10.5 Å². The smallest absolute Gasteiger partial charge is 0.242 e. The summed E-state index contributed by atoms with van der Waals surface area (Å²) in [5, 5.41) is 9.03. The first-order valence-electron chi connectivity index (χ1n) is 5.99. The zero-order chi connectivity index (χ0) is 15.3. The van der Waals surface area contributed by atoms with E-state index in [4.69, 9.17) is 27.2 Å².